The highest BCUT2D eigenvalue weighted by molar-refractivity contribution is 8.00. The van der Waals surface area contributed by atoms with Gasteiger partial charge in [-0.25, -0.2) is 0 Å². The largest absolute Gasteiger partial charge is 0.480 e. The molecule has 0 bridgehead atoms. The van der Waals surface area contributed by atoms with Crippen molar-refractivity contribution in [1.29, 1.82) is 0 Å². The molecule has 1 unspecified atom stereocenters. The number of carbonyl (C=O) groups is 2. The van der Waals surface area contributed by atoms with Crippen molar-refractivity contribution in [3.05, 3.63) is 59.7 Å². The molecule has 8 nitrogen and oxygen atoms in total. The molecular weight excluding hydrogens is 418 g/mol. The zero-order valence-electron chi connectivity index (χ0n) is 16.6. The quantitative estimate of drug-likeness (QED) is 0.670. The van der Waals surface area contributed by atoms with E-state index in [1.165, 1.54) is 16.7 Å². The molecule has 3 heterocycles. The standard InChI is InChI=1S/C22H19N3O5S/c1-24-22-19(20(23-24)13-5-3-2-4-6-13)21(31-11-17(26)25(22)10-18(27)28)14-7-8-15-16(9-14)30-12-29-15/h2-9,21H,10-12H2,1H3,(H,27,28). The summed E-state index contributed by atoms with van der Waals surface area (Å²) < 4.78 is 12.6. The van der Waals surface area contributed by atoms with Gasteiger partial charge in [-0.2, -0.15) is 5.10 Å². The third-order valence-electron chi connectivity index (χ3n) is 5.28. The molecule has 0 saturated heterocycles. The molecule has 2 aliphatic rings. The highest BCUT2D eigenvalue weighted by atomic mass is 32.2. The number of carboxylic acids is 1. The number of anilines is 1. The van der Waals surface area contributed by atoms with Crippen LogP contribution in [0.2, 0.25) is 0 Å². The summed E-state index contributed by atoms with van der Waals surface area (Å²) in [7, 11) is 1.74. The number of hydrogen-bond donors (Lipinski definition) is 1. The molecule has 0 fully saturated rings. The number of aromatic nitrogens is 2. The smallest absolute Gasteiger partial charge is 0.323 e. The molecule has 158 valence electrons. The van der Waals surface area contributed by atoms with E-state index in [0.29, 0.717) is 17.3 Å². The number of aryl methyl sites for hydroxylation is 1. The van der Waals surface area contributed by atoms with Gasteiger partial charge < -0.3 is 14.6 Å². The maximum atomic E-state index is 12.9. The molecule has 2 aromatic carbocycles. The number of benzene rings is 2. The van der Waals surface area contributed by atoms with Gasteiger partial charge in [0.2, 0.25) is 12.7 Å². The van der Waals surface area contributed by atoms with Crippen molar-refractivity contribution < 1.29 is 24.2 Å². The first-order chi connectivity index (χ1) is 15.0. The van der Waals surface area contributed by atoms with Gasteiger partial charge in [-0.3, -0.25) is 19.2 Å². The normalized spacial score (nSPS) is 17.4. The maximum absolute atomic E-state index is 12.9. The van der Waals surface area contributed by atoms with Gasteiger partial charge in [-0.1, -0.05) is 36.4 Å². The Labute approximate surface area is 182 Å². The number of rotatable bonds is 4. The van der Waals surface area contributed by atoms with Crippen molar-refractivity contribution in [2.45, 2.75) is 5.25 Å². The molecule has 0 spiro atoms. The van der Waals surface area contributed by atoms with E-state index in [0.717, 1.165) is 22.4 Å². The lowest BCUT2D eigenvalue weighted by Gasteiger charge is -2.20. The summed E-state index contributed by atoms with van der Waals surface area (Å²) in [5.74, 6) is 0.644. The first-order valence-electron chi connectivity index (χ1n) is 9.68. The average molecular weight is 437 g/mol. The number of ether oxygens (including phenoxy) is 2. The van der Waals surface area contributed by atoms with Crippen LogP contribution in [0.25, 0.3) is 11.3 Å². The van der Waals surface area contributed by atoms with Crippen molar-refractivity contribution in [3.63, 3.8) is 0 Å². The van der Waals surface area contributed by atoms with E-state index in [1.807, 2.05) is 48.5 Å². The van der Waals surface area contributed by atoms with E-state index in [-0.39, 0.29) is 23.7 Å². The van der Waals surface area contributed by atoms with Crippen LogP contribution in [0.1, 0.15) is 16.4 Å². The summed E-state index contributed by atoms with van der Waals surface area (Å²) in [6, 6.07) is 15.4. The minimum absolute atomic E-state index is 0.148. The lowest BCUT2D eigenvalue weighted by atomic mass is 9.99. The summed E-state index contributed by atoms with van der Waals surface area (Å²) in [4.78, 5) is 25.8. The lowest BCUT2D eigenvalue weighted by Crippen LogP contribution is -2.37. The number of carbonyl (C=O) groups excluding carboxylic acids is 1. The van der Waals surface area contributed by atoms with E-state index in [2.05, 4.69) is 0 Å². The fourth-order valence-electron chi connectivity index (χ4n) is 3.97. The van der Waals surface area contributed by atoms with Crippen LogP contribution in [-0.2, 0) is 16.6 Å². The Balaban J connectivity index is 1.73. The van der Waals surface area contributed by atoms with Crippen molar-refractivity contribution in [2.75, 3.05) is 24.0 Å². The summed E-state index contributed by atoms with van der Waals surface area (Å²) >= 11 is 1.45. The SMILES string of the molecule is Cn1nc(-c2ccccc2)c2c1N(CC(=O)O)C(=O)CSC2c1ccc2c(c1)OCO2. The van der Waals surface area contributed by atoms with Crippen LogP contribution >= 0.6 is 11.8 Å². The molecule has 0 saturated carbocycles. The number of thioether (sulfide) groups is 1. The summed E-state index contributed by atoms with van der Waals surface area (Å²) in [5.41, 5.74) is 3.36. The fraction of sp³-hybridized carbons (Fsp3) is 0.227. The fourth-order valence-corrected chi connectivity index (χ4v) is 5.16. The average Bonchev–Trinajstić information content (AvgIpc) is 3.33. The topological polar surface area (TPSA) is 93.9 Å². The van der Waals surface area contributed by atoms with E-state index >= 15 is 0 Å². The number of hydrogen-bond acceptors (Lipinski definition) is 6. The molecule has 31 heavy (non-hydrogen) atoms. The van der Waals surface area contributed by atoms with Crippen LogP contribution in [0.5, 0.6) is 11.5 Å². The molecule has 1 amide bonds. The minimum Gasteiger partial charge on any atom is -0.480 e. The first kappa shape index (κ1) is 19.5. The van der Waals surface area contributed by atoms with Gasteiger partial charge in [-0.05, 0) is 17.7 Å². The molecular formula is C22H19N3O5S. The number of nitrogens with zero attached hydrogens (tertiary/aromatic N) is 3. The van der Waals surface area contributed by atoms with Crippen LogP contribution < -0.4 is 14.4 Å². The lowest BCUT2D eigenvalue weighted by molar-refractivity contribution is -0.136. The highest BCUT2D eigenvalue weighted by Crippen LogP contribution is 2.49. The van der Waals surface area contributed by atoms with Gasteiger partial charge in [-0.15, -0.1) is 11.8 Å². The second-order valence-corrected chi connectivity index (χ2v) is 8.35. The van der Waals surface area contributed by atoms with Gasteiger partial charge in [0.05, 0.1) is 16.7 Å². The Morgan fingerprint density at radius 3 is 2.74 bits per heavy atom. The van der Waals surface area contributed by atoms with E-state index < -0.39 is 12.5 Å². The molecule has 0 radical (unpaired) electrons. The molecule has 0 aliphatic carbocycles. The molecule has 9 heteroatoms. The summed E-state index contributed by atoms with van der Waals surface area (Å²) in [6.07, 6.45) is 0. The van der Waals surface area contributed by atoms with Crippen LogP contribution in [0, 0.1) is 0 Å². The second kappa shape index (κ2) is 7.66. The Kier molecular flexibility index (Phi) is 4.82. The van der Waals surface area contributed by atoms with Crippen LogP contribution in [0.15, 0.2) is 48.5 Å². The van der Waals surface area contributed by atoms with Crippen LogP contribution in [0.3, 0.4) is 0 Å². The van der Waals surface area contributed by atoms with Gasteiger partial charge >= 0.3 is 5.97 Å². The zero-order chi connectivity index (χ0) is 21.5. The summed E-state index contributed by atoms with van der Waals surface area (Å²) in [5, 5.41) is 13.9. The Morgan fingerprint density at radius 1 is 1.19 bits per heavy atom. The van der Waals surface area contributed by atoms with E-state index in [4.69, 9.17) is 14.6 Å². The number of fused-ring (bicyclic) bond motifs is 2. The van der Waals surface area contributed by atoms with Gasteiger partial charge in [0, 0.05) is 18.2 Å². The Hall–Kier alpha value is -3.46. The number of aliphatic carboxylic acids is 1. The predicted octanol–water partition coefficient (Wildman–Crippen LogP) is 3.07. The van der Waals surface area contributed by atoms with Gasteiger partial charge in [0.1, 0.15) is 12.4 Å². The van der Waals surface area contributed by atoms with Crippen molar-refractivity contribution in [1.82, 2.24) is 9.78 Å². The molecule has 1 N–H and O–H groups in total. The number of amides is 1. The molecule has 1 atom stereocenters. The molecule has 1 aromatic heterocycles. The van der Waals surface area contributed by atoms with Crippen molar-refractivity contribution in [2.24, 2.45) is 7.05 Å². The monoisotopic (exact) mass is 437 g/mol. The molecule has 3 aromatic rings. The number of carboxylic acid groups (broad SMARTS) is 1. The molecule has 2 aliphatic heterocycles. The molecule has 5 rings (SSSR count). The highest BCUT2D eigenvalue weighted by Gasteiger charge is 2.37. The summed E-state index contributed by atoms with van der Waals surface area (Å²) in [6.45, 7) is -0.247. The third-order valence-corrected chi connectivity index (χ3v) is 6.54. The zero-order valence-corrected chi connectivity index (χ0v) is 17.5. The van der Waals surface area contributed by atoms with Gasteiger partial charge in [0.25, 0.3) is 0 Å². The van der Waals surface area contributed by atoms with Crippen molar-refractivity contribution in [3.8, 4) is 22.8 Å². The van der Waals surface area contributed by atoms with E-state index in [1.54, 1.807) is 11.7 Å². The van der Waals surface area contributed by atoms with E-state index in [9.17, 15) is 14.7 Å². The predicted molar refractivity (Wildman–Crippen MR) is 115 cm³/mol. The Bertz CT molecular complexity index is 1180. The second-order valence-electron chi connectivity index (χ2n) is 7.25. The minimum atomic E-state index is -1.08. The van der Waals surface area contributed by atoms with Gasteiger partial charge in [0.15, 0.2) is 11.5 Å². The first-order valence-corrected chi connectivity index (χ1v) is 10.7. The maximum Gasteiger partial charge on any atom is 0.323 e. The third kappa shape index (κ3) is 3.40. The van der Waals surface area contributed by atoms with Crippen molar-refractivity contribution >= 4 is 29.5 Å². The Morgan fingerprint density at radius 2 is 1.97 bits per heavy atom. The van der Waals surface area contributed by atoms with Crippen LogP contribution in [0.4, 0.5) is 5.82 Å². The van der Waals surface area contributed by atoms with Crippen LogP contribution in [-0.4, -0.2) is 45.9 Å².